The molecule has 0 saturated carbocycles. The number of imidazole rings is 1. The number of nitrogens with one attached hydrogen (secondary N) is 2. The quantitative estimate of drug-likeness (QED) is 0.328. The lowest BCUT2D eigenvalue weighted by Gasteiger charge is -2.31. The van der Waals surface area contributed by atoms with Gasteiger partial charge in [0, 0.05) is 68.4 Å². The number of carbonyl (C=O) groups is 1. The lowest BCUT2D eigenvalue weighted by atomic mass is 9.95. The normalized spacial score (nSPS) is 19.7. The number of aromatic nitrogens is 2. The van der Waals surface area contributed by atoms with Crippen molar-refractivity contribution in [2.75, 3.05) is 26.2 Å². The van der Waals surface area contributed by atoms with E-state index in [0.717, 1.165) is 11.8 Å². The smallest absolute Gasteiger partial charge is 0.250 e. The molecule has 0 unspecified atom stereocenters. The Morgan fingerprint density at radius 3 is 2.67 bits per heavy atom. The van der Waals surface area contributed by atoms with Gasteiger partial charge in [-0.2, -0.15) is 0 Å². The van der Waals surface area contributed by atoms with Crippen molar-refractivity contribution in [3.8, 4) is 0 Å². The number of alkyl halides is 2. The third-order valence-electron chi connectivity index (χ3n) is 6.18. The van der Waals surface area contributed by atoms with Crippen molar-refractivity contribution in [3.05, 3.63) is 50.5 Å². The number of H-pyrrole nitrogens is 1. The summed E-state index contributed by atoms with van der Waals surface area (Å²) in [7, 11) is 0. The number of hydrogen-bond donors (Lipinski definition) is 2. The zero-order valence-electron chi connectivity index (χ0n) is 17.6. The third-order valence-corrected chi connectivity index (χ3v) is 6.80. The zero-order valence-corrected chi connectivity index (χ0v) is 20.0. The Balaban J connectivity index is 0.00000306. The number of carbonyl (C=O) groups excluding carboxylic acids is 1. The van der Waals surface area contributed by atoms with Crippen LogP contribution in [0.2, 0.25) is 5.02 Å². The van der Waals surface area contributed by atoms with Gasteiger partial charge >= 0.3 is 0 Å². The van der Waals surface area contributed by atoms with Crippen LogP contribution in [0.5, 0.6) is 0 Å². The predicted octanol–water partition coefficient (Wildman–Crippen LogP) is 4.63. The number of rotatable bonds is 6. The first kappa shape index (κ1) is 26.0. The summed E-state index contributed by atoms with van der Waals surface area (Å²) in [6.45, 7) is 1.76. The minimum absolute atomic E-state index is 0. The number of benzene rings is 1. The van der Waals surface area contributed by atoms with Gasteiger partial charge in [0.25, 0.3) is 5.92 Å². The number of hydrogen-bond acceptors (Lipinski definition) is 3. The van der Waals surface area contributed by atoms with E-state index in [1.165, 1.54) is 6.07 Å². The summed E-state index contributed by atoms with van der Waals surface area (Å²) in [5.41, 5.74) is 1.28. The second-order valence-electron chi connectivity index (χ2n) is 8.35. The molecule has 1 saturated heterocycles. The van der Waals surface area contributed by atoms with Crippen molar-refractivity contribution < 1.29 is 22.4 Å². The minimum atomic E-state index is -2.60. The highest BCUT2D eigenvalue weighted by molar-refractivity contribution is 7.71. The van der Waals surface area contributed by atoms with Crippen molar-refractivity contribution in [2.45, 2.75) is 44.1 Å². The number of amides is 1. The highest BCUT2D eigenvalue weighted by Gasteiger charge is 2.34. The van der Waals surface area contributed by atoms with Gasteiger partial charge in [0.1, 0.15) is 11.6 Å². The van der Waals surface area contributed by atoms with Crippen LogP contribution in [0.1, 0.15) is 35.7 Å². The molecule has 0 aliphatic carbocycles. The summed E-state index contributed by atoms with van der Waals surface area (Å²) in [4.78, 5) is 17.3. The van der Waals surface area contributed by atoms with Crippen LogP contribution in [0, 0.1) is 16.4 Å². The van der Waals surface area contributed by atoms with E-state index in [1.807, 2.05) is 4.90 Å². The van der Waals surface area contributed by atoms with Crippen LogP contribution in [0.25, 0.3) is 0 Å². The molecular weight excluding hydrogens is 503 g/mol. The van der Waals surface area contributed by atoms with E-state index in [1.54, 1.807) is 4.57 Å². The van der Waals surface area contributed by atoms with E-state index in [4.69, 9.17) is 23.8 Å². The van der Waals surface area contributed by atoms with Crippen LogP contribution >= 0.6 is 36.2 Å². The Morgan fingerprint density at radius 2 is 1.97 bits per heavy atom. The van der Waals surface area contributed by atoms with Crippen LogP contribution in [0.3, 0.4) is 0 Å². The number of likely N-dealkylation sites (tertiary alicyclic amines) is 1. The first-order valence-electron chi connectivity index (χ1n) is 10.5. The fraction of sp³-hybridized carbons (Fsp3) is 0.524. The zero-order chi connectivity index (χ0) is 23.0. The molecular formula is C21H24Cl2F4N4OS. The topological polar surface area (TPSA) is 53.1 Å². The Hall–Kier alpha value is -1.62. The van der Waals surface area contributed by atoms with Gasteiger partial charge in [-0.05, 0) is 30.8 Å². The van der Waals surface area contributed by atoms with Crippen molar-refractivity contribution in [1.82, 2.24) is 19.8 Å². The SMILES string of the molecule is Cl.O=C(Cc1[nH]c(=S)n2c1C[C@@H](c1c(F)ccc(Cl)c1F)C2)NCCN1CCC(F)(F)CC1. The lowest BCUT2D eigenvalue weighted by Crippen LogP contribution is -2.43. The van der Waals surface area contributed by atoms with Gasteiger partial charge in [0.2, 0.25) is 5.91 Å². The molecule has 1 fully saturated rings. The van der Waals surface area contributed by atoms with Crippen molar-refractivity contribution in [2.24, 2.45) is 0 Å². The molecule has 3 heterocycles. The Labute approximate surface area is 204 Å². The monoisotopic (exact) mass is 526 g/mol. The molecule has 5 nitrogen and oxygen atoms in total. The van der Waals surface area contributed by atoms with Gasteiger partial charge < -0.3 is 19.8 Å². The molecule has 33 heavy (non-hydrogen) atoms. The third kappa shape index (κ3) is 5.72. The molecule has 2 aromatic rings. The fourth-order valence-electron chi connectivity index (χ4n) is 4.44. The van der Waals surface area contributed by atoms with Crippen molar-refractivity contribution >= 4 is 42.1 Å². The van der Waals surface area contributed by atoms with E-state index in [9.17, 15) is 22.4 Å². The van der Waals surface area contributed by atoms with E-state index in [-0.39, 0.29) is 48.2 Å². The standard InChI is InChI=1S/C21H23ClF4N4OS.ClH/c22-13-1-2-14(23)18(19(13)24)12-9-16-15(28-20(32)30(16)11-12)10-17(31)27-5-8-29-6-3-21(25,26)4-7-29;/h1-2,12H,3-11H2,(H,27,31)(H,28,32);1H/t12-;/m1./s1. The van der Waals surface area contributed by atoms with Gasteiger partial charge in [-0.25, -0.2) is 17.6 Å². The molecule has 1 aromatic carbocycles. The number of fused-ring (bicyclic) bond motifs is 1. The Morgan fingerprint density at radius 1 is 1.27 bits per heavy atom. The summed E-state index contributed by atoms with van der Waals surface area (Å²) in [5.74, 6) is -4.74. The Kier molecular flexibility index (Phi) is 8.14. The molecule has 1 aromatic heterocycles. The average molecular weight is 527 g/mol. The predicted molar refractivity (Wildman–Crippen MR) is 122 cm³/mol. The molecule has 1 atom stereocenters. The van der Waals surface area contributed by atoms with Crippen LogP contribution in [0.4, 0.5) is 17.6 Å². The number of halogens is 6. The van der Waals surface area contributed by atoms with Crippen molar-refractivity contribution in [3.63, 3.8) is 0 Å². The summed E-state index contributed by atoms with van der Waals surface area (Å²) >= 11 is 11.2. The maximum atomic E-state index is 14.5. The highest BCUT2D eigenvalue weighted by Crippen LogP contribution is 2.36. The van der Waals surface area contributed by atoms with Gasteiger partial charge in [-0.1, -0.05) is 11.6 Å². The summed E-state index contributed by atoms with van der Waals surface area (Å²) in [5, 5.41) is 2.66. The van der Waals surface area contributed by atoms with E-state index < -0.39 is 23.5 Å². The molecule has 0 radical (unpaired) electrons. The number of piperidine rings is 1. The maximum Gasteiger partial charge on any atom is 0.250 e. The van der Waals surface area contributed by atoms with E-state index in [2.05, 4.69) is 10.3 Å². The van der Waals surface area contributed by atoms with Crippen LogP contribution in [-0.2, 0) is 24.2 Å². The van der Waals surface area contributed by atoms with Gasteiger partial charge in [-0.15, -0.1) is 12.4 Å². The van der Waals surface area contributed by atoms with Gasteiger partial charge in [-0.3, -0.25) is 4.79 Å². The van der Waals surface area contributed by atoms with Crippen LogP contribution in [0.15, 0.2) is 12.1 Å². The van der Waals surface area contributed by atoms with Crippen LogP contribution in [-0.4, -0.2) is 52.5 Å². The molecule has 2 N–H and O–H groups in total. The minimum Gasteiger partial charge on any atom is -0.354 e. The number of nitrogens with zero attached hydrogens (tertiary/aromatic N) is 2. The molecule has 4 rings (SSSR count). The summed E-state index contributed by atoms with van der Waals surface area (Å²) in [6, 6.07) is 2.33. The lowest BCUT2D eigenvalue weighted by molar-refractivity contribution is -0.120. The highest BCUT2D eigenvalue weighted by atomic mass is 35.5. The molecule has 1 amide bonds. The fourth-order valence-corrected chi connectivity index (χ4v) is 4.91. The Bertz CT molecular complexity index is 1080. The molecule has 182 valence electrons. The summed E-state index contributed by atoms with van der Waals surface area (Å²) < 4.78 is 57.4. The first-order valence-corrected chi connectivity index (χ1v) is 11.2. The van der Waals surface area contributed by atoms with E-state index in [0.29, 0.717) is 49.6 Å². The molecule has 2 aliphatic rings. The molecule has 2 aliphatic heterocycles. The molecule has 0 spiro atoms. The van der Waals surface area contributed by atoms with Crippen LogP contribution < -0.4 is 5.32 Å². The summed E-state index contributed by atoms with van der Waals surface area (Å²) in [6.07, 6.45) is 0.0376. The maximum absolute atomic E-state index is 14.5. The molecule has 0 bridgehead atoms. The molecule has 12 heteroatoms. The second kappa shape index (κ2) is 10.3. The van der Waals surface area contributed by atoms with E-state index >= 15 is 0 Å². The van der Waals surface area contributed by atoms with Gasteiger partial charge in [0.15, 0.2) is 4.77 Å². The average Bonchev–Trinajstić information content (AvgIpc) is 3.28. The second-order valence-corrected chi connectivity index (χ2v) is 9.14. The number of aromatic amines is 1. The van der Waals surface area contributed by atoms with Gasteiger partial charge in [0.05, 0.1) is 11.4 Å². The largest absolute Gasteiger partial charge is 0.354 e. The first-order chi connectivity index (χ1) is 15.1. The van der Waals surface area contributed by atoms with Crippen molar-refractivity contribution in [1.29, 1.82) is 0 Å².